The van der Waals surface area contributed by atoms with E-state index >= 15 is 0 Å². The van der Waals surface area contributed by atoms with E-state index in [1.165, 1.54) is 6.07 Å². The molecule has 0 radical (unpaired) electrons. The molecule has 0 spiro atoms. The van der Waals surface area contributed by atoms with Gasteiger partial charge in [0.1, 0.15) is 5.82 Å². The summed E-state index contributed by atoms with van der Waals surface area (Å²) in [5, 5.41) is 0. The van der Waals surface area contributed by atoms with E-state index in [-0.39, 0.29) is 11.4 Å². The minimum Gasteiger partial charge on any atom is -0.383 e. The zero-order valence-electron chi connectivity index (χ0n) is 13.3. The van der Waals surface area contributed by atoms with Crippen molar-refractivity contribution in [2.45, 2.75) is 18.9 Å². The normalized spacial score (nSPS) is 14.4. The molecule has 120 valence electrons. The van der Waals surface area contributed by atoms with Gasteiger partial charge in [-0.1, -0.05) is 18.2 Å². The molecule has 0 heterocycles. The number of nitrogens with two attached hydrogens (primary N) is 1. The predicted octanol–water partition coefficient (Wildman–Crippen LogP) is 1.68. The number of rotatable bonds is 10. The molecule has 21 heavy (non-hydrogen) atoms. The quantitative estimate of drug-likeness (QED) is 0.714. The zero-order chi connectivity index (χ0) is 15.7. The molecule has 0 saturated heterocycles. The summed E-state index contributed by atoms with van der Waals surface area (Å²) in [7, 11) is 3.34. The van der Waals surface area contributed by atoms with Gasteiger partial charge in [-0.3, -0.25) is 4.90 Å². The highest BCUT2D eigenvalue weighted by molar-refractivity contribution is 5.20. The van der Waals surface area contributed by atoms with Crippen LogP contribution in [0.15, 0.2) is 24.3 Å². The molecule has 1 atom stereocenters. The van der Waals surface area contributed by atoms with Gasteiger partial charge in [0, 0.05) is 39.4 Å². The summed E-state index contributed by atoms with van der Waals surface area (Å²) in [5.74, 6) is -0.185. The second-order valence-corrected chi connectivity index (χ2v) is 5.44. The lowest BCUT2D eigenvalue weighted by molar-refractivity contribution is 0.0457. The molecule has 2 N–H and O–H groups in total. The van der Waals surface area contributed by atoms with E-state index < -0.39 is 0 Å². The monoisotopic (exact) mass is 298 g/mol. The number of ether oxygens (including phenoxy) is 2. The van der Waals surface area contributed by atoms with Crippen LogP contribution in [0.3, 0.4) is 0 Å². The summed E-state index contributed by atoms with van der Waals surface area (Å²) in [4.78, 5) is 2.21. The zero-order valence-corrected chi connectivity index (χ0v) is 13.3. The third kappa shape index (κ3) is 5.36. The van der Waals surface area contributed by atoms with Gasteiger partial charge in [-0.15, -0.1) is 0 Å². The van der Waals surface area contributed by atoms with Gasteiger partial charge in [-0.2, -0.15) is 0 Å². The Morgan fingerprint density at radius 1 is 1.14 bits per heavy atom. The molecule has 1 unspecified atom stereocenters. The standard InChI is InChI=1S/C16H27FN2O2/c1-16(13-18,12-14-6-4-5-7-15(14)17)19(8-10-20-2)9-11-21-3/h4-7H,8-13,18H2,1-3H3. The minimum atomic E-state index is -0.334. The molecule has 1 rings (SSSR count). The van der Waals surface area contributed by atoms with Crippen molar-refractivity contribution in [1.82, 2.24) is 4.90 Å². The summed E-state index contributed by atoms with van der Waals surface area (Å²) in [5.41, 5.74) is 6.35. The van der Waals surface area contributed by atoms with Crippen LogP contribution in [-0.4, -0.2) is 57.5 Å². The highest BCUT2D eigenvalue weighted by atomic mass is 19.1. The van der Waals surface area contributed by atoms with E-state index in [1.54, 1.807) is 20.3 Å². The average molecular weight is 298 g/mol. The molecule has 0 aliphatic carbocycles. The second-order valence-electron chi connectivity index (χ2n) is 5.44. The van der Waals surface area contributed by atoms with Gasteiger partial charge in [0.15, 0.2) is 0 Å². The highest BCUT2D eigenvalue weighted by Crippen LogP contribution is 2.21. The maximum atomic E-state index is 13.9. The minimum absolute atomic E-state index is 0.185. The Bertz CT molecular complexity index is 409. The molecule has 4 nitrogen and oxygen atoms in total. The number of hydrogen-bond donors (Lipinski definition) is 1. The van der Waals surface area contributed by atoms with Crippen molar-refractivity contribution in [2.24, 2.45) is 5.73 Å². The summed E-state index contributed by atoms with van der Waals surface area (Å²) < 4.78 is 24.3. The van der Waals surface area contributed by atoms with Crippen LogP contribution in [0, 0.1) is 5.82 Å². The van der Waals surface area contributed by atoms with Crippen LogP contribution in [0.1, 0.15) is 12.5 Å². The van der Waals surface area contributed by atoms with Crippen LogP contribution < -0.4 is 5.73 Å². The highest BCUT2D eigenvalue weighted by Gasteiger charge is 2.31. The first kappa shape index (κ1) is 18.0. The lowest BCUT2D eigenvalue weighted by Crippen LogP contribution is -2.55. The fourth-order valence-electron chi connectivity index (χ4n) is 2.42. The van der Waals surface area contributed by atoms with Gasteiger partial charge >= 0.3 is 0 Å². The van der Waals surface area contributed by atoms with Crippen molar-refractivity contribution in [2.75, 3.05) is 47.1 Å². The molecular formula is C16H27FN2O2. The summed E-state index contributed by atoms with van der Waals surface area (Å²) in [6, 6.07) is 6.85. The largest absolute Gasteiger partial charge is 0.383 e. The van der Waals surface area contributed by atoms with Gasteiger partial charge in [-0.05, 0) is 25.0 Å². The summed E-state index contributed by atoms with van der Waals surface area (Å²) >= 11 is 0. The molecule has 0 saturated carbocycles. The Morgan fingerprint density at radius 2 is 1.71 bits per heavy atom. The third-order valence-corrected chi connectivity index (χ3v) is 3.86. The molecule has 0 aliphatic rings. The van der Waals surface area contributed by atoms with E-state index in [0.717, 1.165) is 13.1 Å². The number of benzene rings is 1. The number of hydrogen-bond acceptors (Lipinski definition) is 4. The van der Waals surface area contributed by atoms with Gasteiger partial charge in [-0.25, -0.2) is 4.39 Å². The Balaban J connectivity index is 2.88. The Kier molecular flexibility index (Phi) is 7.82. The fraction of sp³-hybridized carbons (Fsp3) is 0.625. The molecule has 0 fully saturated rings. The smallest absolute Gasteiger partial charge is 0.126 e. The van der Waals surface area contributed by atoms with Gasteiger partial charge in [0.2, 0.25) is 0 Å². The van der Waals surface area contributed by atoms with Crippen LogP contribution >= 0.6 is 0 Å². The molecule has 5 heteroatoms. The molecule has 0 bridgehead atoms. The number of nitrogens with zero attached hydrogens (tertiary/aromatic N) is 1. The number of halogens is 1. The second kappa shape index (κ2) is 9.10. The van der Waals surface area contributed by atoms with E-state index in [0.29, 0.717) is 31.7 Å². The van der Waals surface area contributed by atoms with Gasteiger partial charge < -0.3 is 15.2 Å². The lowest BCUT2D eigenvalue weighted by Gasteiger charge is -2.41. The lowest BCUT2D eigenvalue weighted by atomic mass is 9.90. The van der Waals surface area contributed by atoms with Crippen LogP contribution in [-0.2, 0) is 15.9 Å². The average Bonchev–Trinajstić information content (AvgIpc) is 2.49. The molecule has 0 aliphatic heterocycles. The van der Waals surface area contributed by atoms with Gasteiger partial charge in [0.25, 0.3) is 0 Å². The first-order valence-electron chi connectivity index (χ1n) is 7.24. The first-order chi connectivity index (χ1) is 10.1. The topological polar surface area (TPSA) is 47.7 Å². The van der Waals surface area contributed by atoms with Crippen molar-refractivity contribution < 1.29 is 13.9 Å². The summed E-state index contributed by atoms with van der Waals surface area (Å²) in [6.07, 6.45) is 0.559. The van der Waals surface area contributed by atoms with Crippen molar-refractivity contribution in [3.63, 3.8) is 0 Å². The van der Waals surface area contributed by atoms with E-state index in [9.17, 15) is 4.39 Å². The van der Waals surface area contributed by atoms with Crippen molar-refractivity contribution in [1.29, 1.82) is 0 Å². The maximum Gasteiger partial charge on any atom is 0.126 e. The molecule has 0 amide bonds. The molecule has 1 aromatic carbocycles. The van der Waals surface area contributed by atoms with Crippen LogP contribution in [0.2, 0.25) is 0 Å². The molecule has 1 aromatic rings. The summed E-state index contributed by atoms with van der Waals surface area (Å²) in [6.45, 7) is 5.19. The Hall–Kier alpha value is -1.01. The van der Waals surface area contributed by atoms with Crippen molar-refractivity contribution in [3.05, 3.63) is 35.6 Å². The van der Waals surface area contributed by atoms with E-state index in [2.05, 4.69) is 11.8 Å². The third-order valence-electron chi connectivity index (χ3n) is 3.86. The number of methoxy groups -OCH3 is 2. The SMILES string of the molecule is COCCN(CCOC)C(C)(CN)Cc1ccccc1F. The Labute approximate surface area is 127 Å². The predicted molar refractivity (Wildman–Crippen MR) is 82.9 cm³/mol. The van der Waals surface area contributed by atoms with Crippen LogP contribution in [0.25, 0.3) is 0 Å². The van der Waals surface area contributed by atoms with Crippen molar-refractivity contribution >= 4 is 0 Å². The van der Waals surface area contributed by atoms with Gasteiger partial charge in [0.05, 0.1) is 13.2 Å². The van der Waals surface area contributed by atoms with Crippen LogP contribution in [0.4, 0.5) is 4.39 Å². The van der Waals surface area contributed by atoms with Crippen molar-refractivity contribution in [3.8, 4) is 0 Å². The van der Waals surface area contributed by atoms with E-state index in [4.69, 9.17) is 15.2 Å². The maximum absolute atomic E-state index is 13.9. The first-order valence-corrected chi connectivity index (χ1v) is 7.24. The van der Waals surface area contributed by atoms with Crippen LogP contribution in [0.5, 0.6) is 0 Å². The fourth-order valence-corrected chi connectivity index (χ4v) is 2.42. The molecule has 0 aromatic heterocycles. The molecular weight excluding hydrogens is 271 g/mol. The Morgan fingerprint density at radius 3 is 2.19 bits per heavy atom. The van der Waals surface area contributed by atoms with E-state index in [1.807, 2.05) is 12.1 Å².